The van der Waals surface area contributed by atoms with Crippen molar-refractivity contribution >= 4 is 50.9 Å². The molecule has 0 saturated carbocycles. The molecule has 1 aromatic carbocycles. The predicted molar refractivity (Wildman–Crippen MR) is 106 cm³/mol. The lowest BCUT2D eigenvalue weighted by Gasteiger charge is -2.11. The van der Waals surface area contributed by atoms with E-state index in [0.29, 0.717) is 29.0 Å². The van der Waals surface area contributed by atoms with E-state index in [4.69, 9.17) is 23.2 Å². The van der Waals surface area contributed by atoms with Crippen molar-refractivity contribution in [2.24, 2.45) is 5.92 Å². The summed E-state index contributed by atoms with van der Waals surface area (Å²) in [6, 6.07) is 7.09. The van der Waals surface area contributed by atoms with Gasteiger partial charge in [-0.05, 0) is 28.1 Å². The monoisotopic (exact) mass is 455 g/mol. The lowest BCUT2D eigenvalue weighted by Crippen LogP contribution is -2.24. The summed E-state index contributed by atoms with van der Waals surface area (Å²) in [5.74, 6) is 0.0919. The standard InChI is InChI=1S/C17H16BrCl2N5O/c1-11(8-25-9-12(18)7-21-25)17(26)22-16-5-6-24(23-16)10-13-14(19)3-2-4-15(13)20/h2-7,9,11H,8,10H2,1H3,(H,22,23,26). The fourth-order valence-electron chi connectivity index (χ4n) is 2.41. The molecule has 0 fully saturated rings. The molecule has 9 heteroatoms. The summed E-state index contributed by atoms with van der Waals surface area (Å²) in [4.78, 5) is 12.3. The Hall–Kier alpha value is -1.83. The van der Waals surface area contributed by atoms with Gasteiger partial charge in [-0.3, -0.25) is 14.2 Å². The molecule has 1 unspecified atom stereocenters. The van der Waals surface area contributed by atoms with Crippen LogP contribution < -0.4 is 5.32 Å². The van der Waals surface area contributed by atoms with Crippen LogP contribution in [0.5, 0.6) is 0 Å². The van der Waals surface area contributed by atoms with E-state index in [0.717, 1.165) is 10.0 Å². The molecule has 0 aliphatic carbocycles. The molecule has 2 heterocycles. The number of benzene rings is 1. The lowest BCUT2D eigenvalue weighted by atomic mass is 10.1. The van der Waals surface area contributed by atoms with Crippen molar-refractivity contribution in [2.45, 2.75) is 20.0 Å². The molecule has 3 aromatic rings. The second-order valence-corrected chi connectivity index (χ2v) is 7.60. The Morgan fingerprint density at radius 1 is 1.27 bits per heavy atom. The maximum atomic E-state index is 12.3. The smallest absolute Gasteiger partial charge is 0.230 e. The lowest BCUT2D eigenvalue weighted by molar-refractivity contribution is -0.119. The molecule has 2 aromatic heterocycles. The molecule has 1 atom stereocenters. The summed E-state index contributed by atoms with van der Waals surface area (Å²) < 4.78 is 4.27. The minimum absolute atomic E-state index is 0.127. The minimum Gasteiger partial charge on any atom is -0.309 e. The molecule has 0 aliphatic heterocycles. The first-order valence-electron chi connectivity index (χ1n) is 7.87. The number of hydrogen-bond acceptors (Lipinski definition) is 3. The molecule has 0 spiro atoms. The maximum absolute atomic E-state index is 12.3. The second-order valence-electron chi connectivity index (χ2n) is 5.87. The average Bonchev–Trinajstić information content (AvgIpc) is 3.20. The van der Waals surface area contributed by atoms with Crippen molar-refractivity contribution in [3.05, 3.63) is 62.9 Å². The van der Waals surface area contributed by atoms with Gasteiger partial charge in [0.25, 0.3) is 0 Å². The van der Waals surface area contributed by atoms with Crippen molar-refractivity contribution in [1.29, 1.82) is 0 Å². The van der Waals surface area contributed by atoms with Gasteiger partial charge in [-0.25, -0.2) is 0 Å². The Kier molecular flexibility index (Phi) is 6.01. The van der Waals surface area contributed by atoms with Crippen LogP contribution in [0.15, 0.2) is 47.3 Å². The number of rotatable bonds is 6. The number of carbonyl (C=O) groups is 1. The number of nitrogens with zero attached hydrogens (tertiary/aromatic N) is 4. The van der Waals surface area contributed by atoms with E-state index in [9.17, 15) is 4.79 Å². The van der Waals surface area contributed by atoms with Gasteiger partial charge in [0.15, 0.2) is 5.82 Å². The van der Waals surface area contributed by atoms with Crippen LogP contribution in [0.25, 0.3) is 0 Å². The van der Waals surface area contributed by atoms with Crippen LogP contribution in [0.4, 0.5) is 5.82 Å². The zero-order chi connectivity index (χ0) is 18.7. The Morgan fingerprint density at radius 2 is 2.00 bits per heavy atom. The molecule has 1 N–H and O–H groups in total. The van der Waals surface area contributed by atoms with Gasteiger partial charge in [-0.2, -0.15) is 10.2 Å². The molecular weight excluding hydrogens is 441 g/mol. The molecule has 6 nitrogen and oxygen atoms in total. The predicted octanol–water partition coefficient (Wildman–Crippen LogP) is 4.47. The number of amides is 1. The van der Waals surface area contributed by atoms with E-state index in [-0.39, 0.29) is 11.8 Å². The van der Waals surface area contributed by atoms with E-state index >= 15 is 0 Å². The first-order valence-corrected chi connectivity index (χ1v) is 9.42. The molecule has 1 amide bonds. The van der Waals surface area contributed by atoms with Crippen LogP contribution in [0.1, 0.15) is 12.5 Å². The van der Waals surface area contributed by atoms with Crippen LogP contribution in [-0.4, -0.2) is 25.5 Å². The summed E-state index contributed by atoms with van der Waals surface area (Å²) in [7, 11) is 0. The number of anilines is 1. The van der Waals surface area contributed by atoms with Gasteiger partial charge in [-0.15, -0.1) is 0 Å². The Labute approximate surface area is 169 Å². The number of halogens is 3. The first-order chi connectivity index (χ1) is 12.4. The van der Waals surface area contributed by atoms with E-state index in [2.05, 4.69) is 31.4 Å². The van der Waals surface area contributed by atoms with E-state index in [1.807, 2.05) is 13.1 Å². The van der Waals surface area contributed by atoms with Crippen LogP contribution in [-0.2, 0) is 17.9 Å². The highest BCUT2D eigenvalue weighted by molar-refractivity contribution is 9.10. The molecule has 136 valence electrons. The first kappa shape index (κ1) is 18.9. The van der Waals surface area contributed by atoms with E-state index in [1.165, 1.54) is 0 Å². The molecular formula is C17H16BrCl2N5O. The molecule has 0 aliphatic rings. The Morgan fingerprint density at radius 3 is 2.65 bits per heavy atom. The molecule has 26 heavy (non-hydrogen) atoms. The van der Waals surface area contributed by atoms with Crippen molar-refractivity contribution < 1.29 is 4.79 Å². The van der Waals surface area contributed by atoms with Gasteiger partial charge >= 0.3 is 0 Å². The number of nitrogens with one attached hydrogen (secondary N) is 1. The Bertz CT molecular complexity index is 903. The summed E-state index contributed by atoms with van der Waals surface area (Å²) in [6.45, 7) is 2.74. The number of hydrogen-bond donors (Lipinski definition) is 1. The van der Waals surface area contributed by atoms with Crippen LogP contribution in [0, 0.1) is 5.92 Å². The fraction of sp³-hybridized carbons (Fsp3) is 0.235. The van der Waals surface area contributed by atoms with Gasteiger partial charge in [0.1, 0.15) is 0 Å². The normalized spacial score (nSPS) is 12.2. The SMILES string of the molecule is CC(Cn1cc(Br)cn1)C(=O)Nc1ccn(Cc2c(Cl)cccc2Cl)n1. The molecule has 0 saturated heterocycles. The quantitative estimate of drug-likeness (QED) is 0.594. The van der Waals surface area contributed by atoms with Gasteiger partial charge in [-0.1, -0.05) is 36.2 Å². The molecule has 3 rings (SSSR count). The molecule has 0 radical (unpaired) electrons. The second kappa shape index (κ2) is 8.24. The van der Waals surface area contributed by atoms with Gasteiger partial charge in [0.05, 0.1) is 29.7 Å². The van der Waals surface area contributed by atoms with Crippen molar-refractivity contribution in [3.63, 3.8) is 0 Å². The fourth-order valence-corrected chi connectivity index (χ4v) is 3.26. The van der Waals surface area contributed by atoms with Crippen LogP contribution in [0.2, 0.25) is 10.0 Å². The summed E-state index contributed by atoms with van der Waals surface area (Å²) >= 11 is 15.7. The van der Waals surface area contributed by atoms with Gasteiger partial charge < -0.3 is 5.32 Å². The zero-order valence-corrected chi connectivity index (χ0v) is 17.0. The summed E-state index contributed by atoms with van der Waals surface area (Å²) in [5.41, 5.74) is 0.787. The van der Waals surface area contributed by atoms with Crippen molar-refractivity contribution in [2.75, 3.05) is 5.32 Å². The topological polar surface area (TPSA) is 64.7 Å². The third kappa shape index (κ3) is 4.66. The van der Waals surface area contributed by atoms with Crippen LogP contribution >= 0.6 is 39.1 Å². The average molecular weight is 457 g/mol. The highest BCUT2D eigenvalue weighted by atomic mass is 79.9. The zero-order valence-electron chi connectivity index (χ0n) is 13.9. The Balaban J connectivity index is 1.61. The molecule has 0 bridgehead atoms. The van der Waals surface area contributed by atoms with Crippen LogP contribution in [0.3, 0.4) is 0 Å². The summed E-state index contributed by atoms with van der Waals surface area (Å²) in [6.07, 6.45) is 5.28. The largest absolute Gasteiger partial charge is 0.309 e. The highest BCUT2D eigenvalue weighted by Gasteiger charge is 2.16. The van der Waals surface area contributed by atoms with E-state index in [1.54, 1.807) is 46.0 Å². The minimum atomic E-state index is -0.259. The van der Waals surface area contributed by atoms with Gasteiger partial charge in [0.2, 0.25) is 5.91 Å². The van der Waals surface area contributed by atoms with Crippen molar-refractivity contribution in [3.8, 4) is 0 Å². The third-order valence-corrected chi connectivity index (χ3v) is 4.90. The van der Waals surface area contributed by atoms with Crippen molar-refractivity contribution in [1.82, 2.24) is 19.6 Å². The van der Waals surface area contributed by atoms with E-state index < -0.39 is 0 Å². The number of carbonyl (C=O) groups excluding carboxylic acids is 1. The van der Waals surface area contributed by atoms with Gasteiger partial charge in [0, 0.05) is 34.1 Å². The highest BCUT2D eigenvalue weighted by Crippen LogP contribution is 2.25. The third-order valence-electron chi connectivity index (χ3n) is 3.78. The maximum Gasteiger partial charge on any atom is 0.230 e. The number of aromatic nitrogens is 4. The summed E-state index contributed by atoms with van der Waals surface area (Å²) in [5, 5.41) is 12.5.